The maximum atomic E-state index is 12.4. The number of hydrogen-bond donors (Lipinski definition) is 0. The molecule has 2 rings (SSSR count). The molecule has 1 heterocycles. The molecule has 19 heavy (non-hydrogen) atoms. The molecular weight excluding hydrogens is 277 g/mol. The van der Waals surface area contributed by atoms with E-state index in [1.54, 1.807) is 30.0 Å². The summed E-state index contributed by atoms with van der Waals surface area (Å²) in [6.07, 6.45) is -4.62. The normalized spacial score (nSPS) is 12.1. The van der Waals surface area contributed by atoms with Gasteiger partial charge in [0.25, 0.3) is 0 Å². The van der Waals surface area contributed by atoms with Gasteiger partial charge in [-0.15, -0.1) is 11.8 Å². The van der Waals surface area contributed by atoms with Crippen molar-refractivity contribution in [2.45, 2.75) is 30.2 Å². The summed E-state index contributed by atoms with van der Waals surface area (Å²) in [5.74, 6) is -1.42. The molecule has 0 amide bonds. The average molecular weight is 287 g/mol. The van der Waals surface area contributed by atoms with E-state index >= 15 is 0 Å². The van der Waals surface area contributed by atoms with Gasteiger partial charge in [-0.2, -0.15) is 18.2 Å². The summed E-state index contributed by atoms with van der Waals surface area (Å²) >= 11 is 1.56. The molecule has 0 aliphatic rings. The Morgan fingerprint density at radius 2 is 2.11 bits per heavy atom. The minimum Gasteiger partial charge on any atom is -0.329 e. The number of rotatable bonds is 3. The number of nitrogens with zero attached hydrogens (tertiary/aromatic N) is 2. The van der Waals surface area contributed by atoms with Gasteiger partial charge >= 0.3 is 12.1 Å². The molecule has 0 N–H and O–H groups in total. The lowest BCUT2D eigenvalue weighted by Gasteiger charge is -2.04. The van der Waals surface area contributed by atoms with Gasteiger partial charge in [0, 0.05) is 15.7 Å². The topological polar surface area (TPSA) is 38.9 Å². The summed E-state index contributed by atoms with van der Waals surface area (Å²) in [7, 11) is 0. The van der Waals surface area contributed by atoms with Gasteiger partial charge < -0.3 is 4.52 Å². The largest absolute Gasteiger partial charge is 0.471 e. The molecule has 101 valence electrons. The molecule has 1 aromatic carbocycles. The maximum Gasteiger partial charge on any atom is 0.471 e. The second kappa shape index (κ2) is 5.24. The van der Waals surface area contributed by atoms with Gasteiger partial charge in [0.2, 0.25) is 5.82 Å². The van der Waals surface area contributed by atoms with E-state index in [0.717, 1.165) is 4.90 Å². The third-order valence-corrected chi connectivity index (χ3v) is 3.03. The lowest BCUT2D eigenvalue weighted by molar-refractivity contribution is -0.159. The highest BCUT2D eigenvalue weighted by Gasteiger charge is 2.38. The Morgan fingerprint density at radius 3 is 2.68 bits per heavy atom. The van der Waals surface area contributed by atoms with Crippen molar-refractivity contribution in [3.8, 4) is 11.4 Å². The second-order valence-corrected chi connectivity index (χ2v) is 5.65. The van der Waals surface area contributed by atoms with Gasteiger partial charge in [-0.1, -0.05) is 31.1 Å². The number of aromatic nitrogens is 2. The molecule has 0 saturated carbocycles. The Hall–Kier alpha value is -1.50. The van der Waals surface area contributed by atoms with Crippen LogP contribution in [0.15, 0.2) is 27.6 Å². The van der Waals surface area contributed by atoms with E-state index in [1.165, 1.54) is 0 Å². The molecular formula is C12H10F3N2OS. The number of benzene rings is 1. The first kappa shape index (κ1) is 13.9. The lowest BCUT2D eigenvalue weighted by atomic mass is 10.2. The first-order valence-electron chi connectivity index (χ1n) is 5.46. The van der Waals surface area contributed by atoms with Crippen LogP contribution in [0.3, 0.4) is 0 Å². The SMILES string of the molecule is CC(C)Sc1[c]ccc(-c2noc(C(F)(F)F)n2)c1. The van der Waals surface area contributed by atoms with Crippen LogP contribution in [0.25, 0.3) is 11.4 Å². The Bertz CT molecular complexity index is 566. The van der Waals surface area contributed by atoms with E-state index in [0.29, 0.717) is 10.8 Å². The van der Waals surface area contributed by atoms with Crippen molar-refractivity contribution in [2.75, 3.05) is 0 Å². The van der Waals surface area contributed by atoms with Crippen molar-refractivity contribution in [3.05, 3.63) is 30.2 Å². The molecule has 0 aliphatic heterocycles. The zero-order valence-electron chi connectivity index (χ0n) is 10.2. The minimum absolute atomic E-state index is 0.0769. The van der Waals surface area contributed by atoms with Crippen LogP contribution in [0.5, 0.6) is 0 Å². The van der Waals surface area contributed by atoms with Crippen LogP contribution >= 0.6 is 11.8 Å². The third-order valence-electron chi connectivity index (χ3n) is 2.06. The second-order valence-electron chi connectivity index (χ2n) is 4.03. The van der Waals surface area contributed by atoms with Crippen LogP contribution in [-0.4, -0.2) is 15.4 Å². The fraction of sp³-hybridized carbons (Fsp3) is 0.333. The summed E-state index contributed by atoms with van der Waals surface area (Å²) in [5, 5.41) is 3.69. The number of alkyl halides is 3. The number of thioether (sulfide) groups is 1. The Morgan fingerprint density at radius 1 is 1.37 bits per heavy atom. The van der Waals surface area contributed by atoms with E-state index in [4.69, 9.17) is 0 Å². The molecule has 0 atom stereocenters. The van der Waals surface area contributed by atoms with Gasteiger partial charge in [-0.25, -0.2) is 0 Å². The van der Waals surface area contributed by atoms with Crippen molar-refractivity contribution in [1.82, 2.24) is 10.1 Å². The molecule has 0 unspecified atom stereocenters. The van der Waals surface area contributed by atoms with Gasteiger partial charge in [-0.3, -0.25) is 0 Å². The molecule has 0 bridgehead atoms. The molecule has 0 fully saturated rings. The number of hydrogen-bond acceptors (Lipinski definition) is 4. The summed E-state index contributed by atoms with van der Waals surface area (Å²) in [6, 6.07) is 7.91. The smallest absolute Gasteiger partial charge is 0.329 e. The predicted octanol–water partition coefficient (Wildman–Crippen LogP) is 4.06. The molecule has 2 aromatic rings. The third kappa shape index (κ3) is 3.50. The maximum absolute atomic E-state index is 12.4. The van der Waals surface area contributed by atoms with Crippen molar-refractivity contribution >= 4 is 11.8 Å². The monoisotopic (exact) mass is 287 g/mol. The fourth-order valence-electron chi connectivity index (χ4n) is 1.36. The van der Waals surface area contributed by atoms with Crippen molar-refractivity contribution in [1.29, 1.82) is 0 Å². The standard InChI is InChI=1S/C12H10F3N2OS/c1-7(2)19-9-5-3-4-8(6-9)10-16-11(18-17-10)12(13,14)15/h3-4,6-7H,1-2H3. The van der Waals surface area contributed by atoms with Gasteiger partial charge in [-0.05, 0) is 12.1 Å². The van der Waals surface area contributed by atoms with Crippen LogP contribution in [0.4, 0.5) is 13.2 Å². The molecule has 0 aliphatic carbocycles. The zero-order valence-corrected chi connectivity index (χ0v) is 11.0. The van der Waals surface area contributed by atoms with Crippen LogP contribution < -0.4 is 0 Å². The van der Waals surface area contributed by atoms with E-state index in [9.17, 15) is 13.2 Å². The first-order chi connectivity index (χ1) is 8.86. The summed E-state index contributed by atoms with van der Waals surface area (Å²) in [4.78, 5) is 4.17. The predicted molar refractivity (Wildman–Crippen MR) is 64.6 cm³/mol. The summed E-state index contributed by atoms with van der Waals surface area (Å²) < 4.78 is 41.3. The molecule has 1 radical (unpaired) electrons. The Balaban J connectivity index is 2.29. The highest BCUT2D eigenvalue weighted by Crippen LogP contribution is 2.30. The van der Waals surface area contributed by atoms with Crippen LogP contribution in [0, 0.1) is 6.07 Å². The zero-order chi connectivity index (χ0) is 14.0. The van der Waals surface area contributed by atoms with Gasteiger partial charge in [0.15, 0.2) is 0 Å². The minimum atomic E-state index is -4.62. The first-order valence-corrected chi connectivity index (χ1v) is 6.34. The molecule has 0 spiro atoms. The fourth-order valence-corrected chi connectivity index (χ4v) is 2.20. The highest BCUT2D eigenvalue weighted by molar-refractivity contribution is 7.99. The van der Waals surface area contributed by atoms with Gasteiger partial charge in [0.1, 0.15) is 0 Å². The van der Waals surface area contributed by atoms with Gasteiger partial charge in [0.05, 0.1) is 0 Å². The summed E-state index contributed by atoms with van der Waals surface area (Å²) in [6.45, 7) is 4.03. The van der Waals surface area contributed by atoms with Crippen LogP contribution in [0.1, 0.15) is 19.7 Å². The lowest BCUT2D eigenvalue weighted by Crippen LogP contribution is -2.04. The van der Waals surface area contributed by atoms with E-state index in [2.05, 4.69) is 20.7 Å². The van der Waals surface area contributed by atoms with E-state index in [1.807, 2.05) is 13.8 Å². The average Bonchev–Trinajstić information content (AvgIpc) is 2.77. The van der Waals surface area contributed by atoms with E-state index < -0.39 is 12.1 Å². The molecule has 0 saturated heterocycles. The Kier molecular flexibility index (Phi) is 3.84. The number of halogens is 3. The van der Waals surface area contributed by atoms with E-state index in [-0.39, 0.29) is 5.82 Å². The molecule has 7 heteroatoms. The van der Waals surface area contributed by atoms with Crippen LogP contribution in [0.2, 0.25) is 0 Å². The summed E-state index contributed by atoms with van der Waals surface area (Å²) in [5.41, 5.74) is 0.473. The Labute approximate surface area is 112 Å². The molecule has 3 nitrogen and oxygen atoms in total. The quantitative estimate of drug-likeness (QED) is 0.798. The van der Waals surface area contributed by atoms with Crippen molar-refractivity contribution in [2.24, 2.45) is 0 Å². The van der Waals surface area contributed by atoms with Crippen molar-refractivity contribution < 1.29 is 17.7 Å². The van der Waals surface area contributed by atoms with Crippen molar-refractivity contribution in [3.63, 3.8) is 0 Å². The van der Waals surface area contributed by atoms with Crippen LogP contribution in [-0.2, 0) is 6.18 Å². The highest BCUT2D eigenvalue weighted by atomic mass is 32.2. The molecule has 1 aromatic heterocycles.